The number of nitro groups is 1. The second-order valence-electron chi connectivity index (χ2n) is 5.55. The Morgan fingerprint density at radius 3 is 2.54 bits per heavy atom. The lowest BCUT2D eigenvalue weighted by atomic mass is 10.2. The van der Waals surface area contributed by atoms with Crippen molar-refractivity contribution in [2.45, 2.75) is 13.5 Å². The zero-order chi connectivity index (χ0) is 19.8. The highest BCUT2D eigenvalue weighted by molar-refractivity contribution is 6.33. The molecule has 28 heavy (non-hydrogen) atoms. The molecule has 0 aliphatic rings. The van der Waals surface area contributed by atoms with Crippen LogP contribution in [-0.2, 0) is 6.54 Å². The Morgan fingerprint density at radius 2 is 1.93 bits per heavy atom. The first-order valence-electron chi connectivity index (χ1n) is 8.34. The predicted molar refractivity (Wildman–Crippen MR) is 115 cm³/mol. The molecule has 0 unspecified atom stereocenters. The molecule has 0 radical (unpaired) electrons. The lowest BCUT2D eigenvalue weighted by Gasteiger charge is -2.15. The molecule has 0 heterocycles. The predicted octanol–water partition coefficient (Wildman–Crippen LogP) is 4.93. The van der Waals surface area contributed by atoms with Gasteiger partial charge in [0.15, 0.2) is 11.5 Å². The van der Waals surface area contributed by atoms with Crippen molar-refractivity contribution in [2.75, 3.05) is 32.1 Å². The van der Waals surface area contributed by atoms with Gasteiger partial charge >= 0.3 is 0 Å². The first-order valence-corrected chi connectivity index (χ1v) is 9.09. The largest absolute Gasteiger partial charge is 0.493 e. The Hall–Kier alpha value is -1.93. The molecular formula is C18H22Cl3N3O4. The summed E-state index contributed by atoms with van der Waals surface area (Å²) in [5.74, 6) is 1.26. The fourth-order valence-corrected chi connectivity index (χ4v) is 2.96. The van der Waals surface area contributed by atoms with Crippen LogP contribution in [0.1, 0.15) is 12.5 Å². The number of rotatable bonds is 10. The minimum Gasteiger partial charge on any atom is -0.493 e. The van der Waals surface area contributed by atoms with E-state index in [-0.39, 0.29) is 18.1 Å². The van der Waals surface area contributed by atoms with Crippen molar-refractivity contribution in [1.82, 2.24) is 5.32 Å². The minimum atomic E-state index is -0.480. The van der Waals surface area contributed by atoms with Crippen LogP contribution < -0.4 is 20.1 Å². The smallest absolute Gasteiger partial charge is 0.271 e. The minimum absolute atomic E-state index is 0. The van der Waals surface area contributed by atoms with Crippen molar-refractivity contribution in [3.05, 3.63) is 56.1 Å². The third kappa shape index (κ3) is 6.60. The van der Waals surface area contributed by atoms with Gasteiger partial charge in [-0.1, -0.05) is 23.2 Å². The van der Waals surface area contributed by atoms with E-state index in [1.165, 1.54) is 12.1 Å². The fraction of sp³-hybridized carbons (Fsp3) is 0.333. The van der Waals surface area contributed by atoms with Crippen LogP contribution in [0.4, 0.5) is 11.4 Å². The summed E-state index contributed by atoms with van der Waals surface area (Å²) in [6.45, 7) is 4.18. The summed E-state index contributed by atoms with van der Waals surface area (Å²) in [6.07, 6.45) is 0. The van der Waals surface area contributed by atoms with E-state index >= 15 is 0 Å². The van der Waals surface area contributed by atoms with E-state index in [9.17, 15) is 10.1 Å². The van der Waals surface area contributed by atoms with Gasteiger partial charge in [-0.3, -0.25) is 10.1 Å². The van der Waals surface area contributed by atoms with Crippen molar-refractivity contribution in [3.63, 3.8) is 0 Å². The van der Waals surface area contributed by atoms with Crippen molar-refractivity contribution in [3.8, 4) is 11.5 Å². The molecule has 2 N–H and O–H groups in total. The molecule has 0 fully saturated rings. The molecule has 10 heteroatoms. The van der Waals surface area contributed by atoms with E-state index in [4.69, 9.17) is 32.7 Å². The highest BCUT2D eigenvalue weighted by atomic mass is 35.5. The Kier molecular flexibility index (Phi) is 10.2. The molecule has 0 saturated carbocycles. The Morgan fingerprint density at radius 1 is 1.18 bits per heavy atom. The SMILES string of the molecule is CCOc1c(CNCCNc2ccc([N+](=O)[O-])cc2Cl)cc(Cl)cc1OC.Cl. The molecule has 2 aromatic rings. The lowest BCUT2D eigenvalue weighted by molar-refractivity contribution is -0.384. The van der Waals surface area contributed by atoms with Gasteiger partial charge in [0.2, 0.25) is 0 Å². The first-order chi connectivity index (χ1) is 13.0. The Bertz CT molecular complexity index is 806. The van der Waals surface area contributed by atoms with Gasteiger partial charge in [0.05, 0.1) is 29.4 Å². The molecule has 0 aromatic heterocycles. The summed E-state index contributed by atoms with van der Waals surface area (Å²) in [5, 5.41) is 18.0. The van der Waals surface area contributed by atoms with Crippen LogP contribution >= 0.6 is 35.6 Å². The van der Waals surface area contributed by atoms with Crippen LogP contribution in [0.3, 0.4) is 0 Å². The summed E-state index contributed by atoms with van der Waals surface area (Å²) in [6, 6.07) is 7.88. The maximum absolute atomic E-state index is 10.7. The Balaban J connectivity index is 0.00000392. The number of methoxy groups -OCH3 is 1. The molecule has 2 rings (SSSR count). The number of nitrogens with zero attached hydrogens (tertiary/aromatic N) is 1. The number of hydrogen-bond donors (Lipinski definition) is 2. The number of non-ortho nitro benzene ring substituents is 1. The van der Waals surface area contributed by atoms with Crippen LogP contribution in [-0.4, -0.2) is 31.7 Å². The van der Waals surface area contributed by atoms with Crippen molar-refractivity contribution < 1.29 is 14.4 Å². The van der Waals surface area contributed by atoms with E-state index in [0.717, 1.165) is 5.56 Å². The van der Waals surface area contributed by atoms with E-state index in [1.807, 2.05) is 13.0 Å². The maximum Gasteiger partial charge on any atom is 0.271 e. The molecule has 154 valence electrons. The first kappa shape index (κ1) is 24.1. The second-order valence-corrected chi connectivity index (χ2v) is 6.40. The quantitative estimate of drug-likeness (QED) is 0.303. The topological polar surface area (TPSA) is 85.7 Å². The number of halogens is 3. The number of ether oxygens (including phenoxy) is 2. The highest BCUT2D eigenvalue weighted by Gasteiger charge is 2.12. The van der Waals surface area contributed by atoms with Gasteiger partial charge in [-0.2, -0.15) is 0 Å². The van der Waals surface area contributed by atoms with E-state index in [1.54, 1.807) is 19.2 Å². The van der Waals surface area contributed by atoms with E-state index in [2.05, 4.69) is 10.6 Å². The average Bonchev–Trinajstić information content (AvgIpc) is 2.64. The molecule has 2 aromatic carbocycles. The van der Waals surface area contributed by atoms with Gasteiger partial charge in [0, 0.05) is 48.4 Å². The van der Waals surface area contributed by atoms with Gasteiger partial charge in [0.1, 0.15) is 0 Å². The summed E-state index contributed by atoms with van der Waals surface area (Å²) < 4.78 is 11.0. The van der Waals surface area contributed by atoms with Crippen molar-refractivity contribution >= 4 is 47.0 Å². The third-order valence-electron chi connectivity index (χ3n) is 3.70. The average molecular weight is 451 g/mol. The zero-order valence-corrected chi connectivity index (χ0v) is 17.8. The van der Waals surface area contributed by atoms with E-state index in [0.29, 0.717) is 53.5 Å². The fourth-order valence-electron chi connectivity index (χ4n) is 2.48. The summed E-state index contributed by atoms with van der Waals surface area (Å²) in [7, 11) is 1.57. The molecule has 7 nitrogen and oxygen atoms in total. The molecule has 0 spiro atoms. The summed E-state index contributed by atoms with van der Waals surface area (Å²) >= 11 is 12.2. The molecule has 0 atom stereocenters. The lowest BCUT2D eigenvalue weighted by Crippen LogP contribution is -2.22. The van der Waals surface area contributed by atoms with Gasteiger partial charge < -0.3 is 20.1 Å². The standard InChI is InChI=1S/C18H21Cl2N3O4.ClH/c1-3-27-18-12(8-13(19)9-17(18)26-2)11-21-6-7-22-16-5-4-14(23(24)25)10-15(16)20;/h4-5,8-10,21-22H,3,6-7,11H2,1-2H3;1H. The van der Waals surface area contributed by atoms with Crippen LogP contribution in [0.5, 0.6) is 11.5 Å². The highest BCUT2D eigenvalue weighted by Crippen LogP contribution is 2.34. The second kappa shape index (κ2) is 11.8. The third-order valence-corrected chi connectivity index (χ3v) is 4.23. The number of hydrogen-bond acceptors (Lipinski definition) is 6. The van der Waals surface area contributed by atoms with Crippen LogP contribution in [0.2, 0.25) is 10.0 Å². The number of anilines is 1. The zero-order valence-electron chi connectivity index (χ0n) is 15.5. The normalized spacial score (nSPS) is 10.1. The number of benzene rings is 2. The molecule has 0 aliphatic carbocycles. The number of nitro benzene ring substituents is 1. The summed E-state index contributed by atoms with van der Waals surface area (Å²) in [5.41, 5.74) is 1.50. The monoisotopic (exact) mass is 449 g/mol. The van der Waals surface area contributed by atoms with Crippen LogP contribution in [0.25, 0.3) is 0 Å². The molecular weight excluding hydrogens is 429 g/mol. The molecule has 0 saturated heterocycles. The van der Waals surface area contributed by atoms with Gasteiger partial charge in [-0.05, 0) is 19.1 Å². The van der Waals surface area contributed by atoms with Crippen molar-refractivity contribution in [2.24, 2.45) is 0 Å². The Labute approximate surface area is 179 Å². The van der Waals surface area contributed by atoms with Crippen LogP contribution in [0.15, 0.2) is 30.3 Å². The van der Waals surface area contributed by atoms with Gasteiger partial charge in [-0.15, -0.1) is 12.4 Å². The van der Waals surface area contributed by atoms with Crippen LogP contribution in [0, 0.1) is 10.1 Å². The van der Waals surface area contributed by atoms with Crippen molar-refractivity contribution in [1.29, 1.82) is 0 Å². The van der Waals surface area contributed by atoms with Gasteiger partial charge in [-0.25, -0.2) is 0 Å². The molecule has 0 amide bonds. The number of nitrogens with one attached hydrogen (secondary N) is 2. The molecule has 0 bridgehead atoms. The maximum atomic E-state index is 10.7. The van der Waals surface area contributed by atoms with E-state index < -0.39 is 4.92 Å². The molecule has 0 aliphatic heterocycles. The summed E-state index contributed by atoms with van der Waals surface area (Å²) in [4.78, 5) is 10.3. The van der Waals surface area contributed by atoms with Gasteiger partial charge in [0.25, 0.3) is 5.69 Å².